The van der Waals surface area contributed by atoms with Gasteiger partial charge < -0.3 is 14.9 Å². The van der Waals surface area contributed by atoms with Crippen molar-refractivity contribution in [2.75, 3.05) is 7.11 Å². The normalized spacial score (nSPS) is 14.3. The molecule has 1 aromatic carbocycles. The van der Waals surface area contributed by atoms with Gasteiger partial charge in [-0.2, -0.15) is 0 Å². The predicted octanol–water partition coefficient (Wildman–Crippen LogP) is 1.22. The minimum absolute atomic E-state index is 0.416. The Balaban J connectivity index is 2.91. The predicted molar refractivity (Wildman–Crippen MR) is 59.2 cm³/mol. The van der Waals surface area contributed by atoms with Crippen LogP contribution in [0.1, 0.15) is 17.2 Å². The van der Waals surface area contributed by atoms with Gasteiger partial charge >= 0.3 is 5.97 Å². The number of methoxy groups -OCH3 is 1. The quantitative estimate of drug-likeness (QED) is 0.785. The molecule has 88 valence electrons. The number of aliphatic hydroxyl groups excluding tert-OH is 2. The SMILES string of the molecule is COC(=O)C(O)C(O)c1ccc(Cl)c(C)c1. The highest BCUT2D eigenvalue weighted by Crippen LogP contribution is 2.23. The summed E-state index contributed by atoms with van der Waals surface area (Å²) in [5.74, 6) is -0.875. The summed E-state index contributed by atoms with van der Waals surface area (Å²) in [7, 11) is 1.14. The van der Waals surface area contributed by atoms with Crippen LogP contribution in [-0.4, -0.2) is 29.4 Å². The summed E-state index contributed by atoms with van der Waals surface area (Å²) in [4.78, 5) is 11.0. The number of carbonyl (C=O) groups excluding carboxylic acids is 1. The monoisotopic (exact) mass is 244 g/mol. The highest BCUT2D eigenvalue weighted by atomic mass is 35.5. The zero-order valence-corrected chi connectivity index (χ0v) is 9.73. The molecular formula is C11H13ClO4. The van der Waals surface area contributed by atoms with E-state index in [9.17, 15) is 15.0 Å². The summed E-state index contributed by atoms with van der Waals surface area (Å²) >= 11 is 5.82. The third-order valence-electron chi connectivity index (χ3n) is 2.27. The number of benzene rings is 1. The van der Waals surface area contributed by atoms with Gasteiger partial charge in [0.15, 0.2) is 6.10 Å². The Morgan fingerprint density at radius 1 is 1.44 bits per heavy atom. The van der Waals surface area contributed by atoms with Gasteiger partial charge in [-0.15, -0.1) is 0 Å². The highest BCUT2D eigenvalue weighted by molar-refractivity contribution is 6.31. The van der Waals surface area contributed by atoms with Crippen LogP contribution in [0.4, 0.5) is 0 Å². The molecule has 0 fully saturated rings. The lowest BCUT2D eigenvalue weighted by Crippen LogP contribution is -2.29. The third-order valence-corrected chi connectivity index (χ3v) is 2.69. The summed E-state index contributed by atoms with van der Waals surface area (Å²) in [5, 5.41) is 19.7. The molecule has 0 radical (unpaired) electrons. The highest BCUT2D eigenvalue weighted by Gasteiger charge is 2.26. The van der Waals surface area contributed by atoms with Crippen LogP contribution in [0.15, 0.2) is 18.2 Å². The van der Waals surface area contributed by atoms with Crippen LogP contribution in [-0.2, 0) is 9.53 Å². The van der Waals surface area contributed by atoms with Crippen LogP contribution in [0, 0.1) is 6.92 Å². The van der Waals surface area contributed by atoms with Crippen LogP contribution < -0.4 is 0 Å². The molecule has 0 bridgehead atoms. The molecule has 2 unspecified atom stereocenters. The van der Waals surface area contributed by atoms with Gasteiger partial charge in [0.05, 0.1) is 7.11 Å². The Morgan fingerprint density at radius 2 is 2.06 bits per heavy atom. The molecule has 0 amide bonds. The molecule has 0 aliphatic rings. The second-order valence-corrected chi connectivity index (χ2v) is 3.83. The molecule has 0 saturated carbocycles. The number of halogens is 1. The smallest absolute Gasteiger partial charge is 0.337 e. The molecule has 0 aliphatic heterocycles. The molecule has 0 aromatic heterocycles. The first-order valence-electron chi connectivity index (χ1n) is 4.67. The van der Waals surface area contributed by atoms with E-state index >= 15 is 0 Å². The molecule has 16 heavy (non-hydrogen) atoms. The standard InChI is InChI=1S/C11H13ClO4/c1-6-5-7(3-4-8(6)12)9(13)10(14)11(15)16-2/h3-5,9-10,13-14H,1-2H3. The van der Waals surface area contributed by atoms with E-state index in [4.69, 9.17) is 11.6 Å². The maximum absolute atomic E-state index is 11.0. The van der Waals surface area contributed by atoms with E-state index in [1.54, 1.807) is 25.1 Å². The lowest BCUT2D eigenvalue weighted by molar-refractivity contribution is -0.156. The van der Waals surface area contributed by atoms with E-state index in [0.29, 0.717) is 10.6 Å². The molecule has 0 heterocycles. The zero-order chi connectivity index (χ0) is 12.3. The van der Waals surface area contributed by atoms with Crippen molar-refractivity contribution in [2.24, 2.45) is 0 Å². The van der Waals surface area contributed by atoms with Gasteiger partial charge in [-0.05, 0) is 24.1 Å². The van der Waals surface area contributed by atoms with Crippen LogP contribution in [0.25, 0.3) is 0 Å². The Morgan fingerprint density at radius 3 is 2.56 bits per heavy atom. The second kappa shape index (κ2) is 5.30. The molecule has 0 saturated heterocycles. The van der Waals surface area contributed by atoms with Gasteiger partial charge in [-0.1, -0.05) is 23.7 Å². The van der Waals surface area contributed by atoms with Crippen molar-refractivity contribution in [2.45, 2.75) is 19.1 Å². The fraction of sp³-hybridized carbons (Fsp3) is 0.364. The first kappa shape index (κ1) is 13.0. The van der Waals surface area contributed by atoms with Gasteiger partial charge in [-0.3, -0.25) is 0 Å². The van der Waals surface area contributed by atoms with Crippen molar-refractivity contribution in [1.29, 1.82) is 0 Å². The fourth-order valence-corrected chi connectivity index (χ4v) is 1.40. The van der Waals surface area contributed by atoms with Crippen molar-refractivity contribution < 1.29 is 19.7 Å². The lowest BCUT2D eigenvalue weighted by atomic mass is 10.0. The van der Waals surface area contributed by atoms with Crippen LogP contribution >= 0.6 is 11.6 Å². The van der Waals surface area contributed by atoms with Crippen molar-refractivity contribution in [1.82, 2.24) is 0 Å². The summed E-state index contributed by atoms with van der Waals surface area (Å²) in [6, 6.07) is 4.75. The molecule has 1 rings (SSSR count). The summed E-state index contributed by atoms with van der Waals surface area (Å²) in [5.41, 5.74) is 1.18. The third kappa shape index (κ3) is 2.72. The number of hydrogen-bond donors (Lipinski definition) is 2. The molecule has 0 spiro atoms. The number of ether oxygens (including phenoxy) is 1. The number of rotatable bonds is 3. The Kier molecular flexibility index (Phi) is 4.29. The topological polar surface area (TPSA) is 66.8 Å². The molecule has 4 nitrogen and oxygen atoms in total. The number of aliphatic hydroxyl groups is 2. The minimum atomic E-state index is -1.59. The first-order valence-corrected chi connectivity index (χ1v) is 5.05. The van der Waals surface area contributed by atoms with Gasteiger partial charge in [0.2, 0.25) is 0 Å². The van der Waals surface area contributed by atoms with Crippen molar-refractivity contribution in [3.63, 3.8) is 0 Å². The van der Waals surface area contributed by atoms with Gasteiger partial charge in [0.25, 0.3) is 0 Å². The molecule has 1 aromatic rings. The van der Waals surface area contributed by atoms with Gasteiger partial charge in [0, 0.05) is 5.02 Å². The number of aryl methyl sites for hydroxylation is 1. The number of hydrogen-bond acceptors (Lipinski definition) is 4. The average Bonchev–Trinajstić information content (AvgIpc) is 2.29. The molecule has 2 atom stereocenters. The van der Waals surface area contributed by atoms with Crippen LogP contribution in [0.3, 0.4) is 0 Å². The Hall–Kier alpha value is -1.10. The Bertz CT molecular complexity index is 392. The summed E-state index contributed by atoms with van der Waals surface area (Å²) < 4.78 is 4.33. The molecular weight excluding hydrogens is 232 g/mol. The van der Waals surface area contributed by atoms with E-state index in [0.717, 1.165) is 12.7 Å². The molecule has 5 heteroatoms. The minimum Gasteiger partial charge on any atom is -0.467 e. The second-order valence-electron chi connectivity index (χ2n) is 3.42. The lowest BCUT2D eigenvalue weighted by Gasteiger charge is -2.16. The van der Waals surface area contributed by atoms with Gasteiger partial charge in [0.1, 0.15) is 6.10 Å². The summed E-state index contributed by atoms with van der Waals surface area (Å²) in [6.45, 7) is 1.77. The van der Waals surface area contributed by atoms with E-state index in [1.807, 2.05) is 0 Å². The zero-order valence-electron chi connectivity index (χ0n) is 8.98. The van der Waals surface area contributed by atoms with Crippen molar-refractivity contribution in [3.05, 3.63) is 34.3 Å². The van der Waals surface area contributed by atoms with E-state index in [1.165, 1.54) is 0 Å². The van der Waals surface area contributed by atoms with Crippen LogP contribution in [0.5, 0.6) is 0 Å². The molecule has 0 aliphatic carbocycles. The number of carbonyl (C=O) groups is 1. The first-order chi connectivity index (χ1) is 7.47. The average molecular weight is 245 g/mol. The largest absolute Gasteiger partial charge is 0.467 e. The van der Waals surface area contributed by atoms with Crippen molar-refractivity contribution in [3.8, 4) is 0 Å². The number of esters is 1. The summed E-state index contributed by atoms with van der Waals surface area (Å²) in [6.07, 6.45) is -2.91. The van der Waals surface area contributed by atoms with Crippen LogP contribution in [0.2, 0.25) is 5.02 Å². The van der Waals surface area contributed by atoms with Gasteiger partial charge in [-0.25, -0.2) is 4.79 Å². The van der Waals surface area contributed by atoms with E-state index < -0.39 is 18.2 Å². The van der Waals surface area contributed by atoms with E-state index in [2.05, 4.69) is 4.74 Å². The van der Waals surface area contributed by atoms with Crippen molar-refractivity contribution >= 4 is 17.6 Å². The maximum atomic E-state index is 11.0. The Labute approximate surface area is 98.4 Å². The molecule has 2 N–H and O–H groups in total. The fourth-order valence-electron chi connectivity index (χ4n) is 1.28. The van der Waals surface area contributed by atoms with E-state index in [-0.39, 0.29) is 0 Å². The maximum Gasteiger partial charge on any atom is 0.337 e.